The zero-order chi connectivity index (χ0) is 12.8. The van der Waals surface area contributed by atoms with Gasteiger partial charge in [-0.1, -0.05) is 0 Å². The smallest absolute Gasteiger partial charge is 0.339 e. The first-order chi connectivity index (χ1) is 8.81. The minimum atomic E-state index is -0.325. The molecule has 0 aliphatic carbocycles. The SMILES string of the molecule is CCOCCCOC(=O)c1cnc2ccsc2c1. The molecule has 2 rings (SSSR count). The van der Waals surface area contributed by atoms with Crippen LogP contribution in [0.1, 0.15) is 23.7 Å². The number of fused-ring (bicyclic) bond motifs is 1. The molecule has 4 nitrogen and oxygen atoms in total. The Morgan fingerprint density at radius 2 is 2.33 bits per heavy atom. The molecule has 2 aromatic heterocycles. The largest absolute Gasteiger partial charge is 0.462 e. The molecule has 5 heteroatoms. The molecular formula is C13H15NO3S. The van der Waals surface area contributed by atoms with Crippen molar-refractivity contribution >= 4 is 27.5 Å². The summed E-state index contributed by atoms with van der Waals surface area (Å²) in [7, 11) is 0. The number of hydrogen-bond donors (Lipinski definition) is 0. The Morgan fingerprint density at radius 3 is 3.17 bits per heavy atom. The maximum absolute atomic E-state index is 11.7. The number of thiophene rings is 1. The Kier molecular flexibility index (Phi) is 4.66. The molecule has 0 spiro atoms. The number of aromatic nitrogens is 1. The second-order valence-electron chi connectivity index (χ2n) is 3.71. The van der Waals surface area contributed by atoms with E-state index >= 15 is 0 Å². The predicted molar refractivity (Wildman–Crippen MR) is 71.0 cm³/mol. The van der Waals surface area contributed by atoms with Crippen molar-refractivity contribution in [3.63, 3.8) is 0 Å². The summed E-state index contributed by atoms with van der Waals surface area (Å²) in [6.07, 6.45) is 2.27. The maximum atomic E-state index is 11.7. The molecule has 0 unspecified atom stereocenters. The molecule has 0 N–H and O–H groups in total. The summed E-state index contributed by atoms with van der Waals surface area (Å²) >= 11 is 1.56. The lowest BCUT2D eigenvalue weighted by atomic mass is 10.3. The van der Waals surface area contributed by atoms with Crippen LogP contribution >= 0.6 is 11.3 Å². The van der Waals surface area contributed by atoms with Crippen LogP contribution in [0.25, 0.3) is 10.2 Å². The van der Waals surface area contributed by atoms with E-state index in [4.69, 9.17) is 9.47 Å². The first-order valence-corrected chi connectivity index (χ1v) is 6.77. The molecule has 18 heavy (non-hydrogen) atoms. The molecular weight excluding hydrogens is 250 g/mol. The number of carbonyl (C=O) groups excluding carboxylic acids is 1. The van der Waals surface area contributed by atoms with E-state index in [2.05, 4.69) is 4.98 Å². The zero-order valence-corrected chi connectivity index (χ0v) is 11.0. The molecule has 0 radical (unpaired) electrons. The summed E-state index contributed by atoms with van der Waals surface area (Å²) in [4.78, 5) is 15.9. The number of ether oxygens (including phenoxy) is 2. The Bertz CT molecular complexity index is 524. The first-order valence-electron chi connectivity index (χ1n) is 5.89. The van der Waals surface area contributed by atoms with E-state index in [-0.39, 0.29) is 5.97 Å². The van der Waals surface area contributed by atoms with E-state index in [9.17, 15) is 4.79 Å². The molecule has 0 fully saturated rings. The standard InChI is InChI=1S/C13H15NO3S/c1-2-16-5-3-6-17-13(15)10-8-12-11(14-9-10)4-7-18-12/h4,7-9H,2-3,5-6H2,1H3. The summed E-state index contributed by atoms with van der Waals surface area (Å²) in [5.41, 5.74) is 1.41. The van der Waals surface area contributed by atoms with Gasteiger partial charge in [-0.2, -0.15) is 0 Å². The van der Waals surface area contributed by atoms with Crippen molar-refractivity contribution < 1.29 is 14.3 Å². The third kappa shape index (κ3) is 3.27. The van der Waals surface area contributed by atoms with E-state index in [0.717, 1.165) is 10.2 Å². The van der Waals surface area contributed by atoms with Crippen LogP contribution in [0.5, 0.6) is 0 Å². The zero-order valence-electron chi connectivity index (χ0n) is 10.2. The van der Waals surface area contributed by atoms with Crippen molar-refractivity contribution in [2.75, 3.05) is 19.8 Å². The van der Waals surface area contributed by atoms with Crippen molar-refractivity contribution in [3.8, 4) is 0 Å². The van der Waals surface area contributed by atoms with Crippen LogP contribution in [0.15, 0.2) is 23.7 Å². The number of carbonyl (C=O) groups is 1. The van der Waals surface area contributed by atoms with Crippen LogP contribution in [0.4, 0.5) is 0 Å². The Hall–Kier alpha value is -1.46. The van der Waals surface area contributed by atoms with E-state index in [0.29, 0.717) is 31.8 Å². The van der Waals surface area contributed by atoms with Crippen molar-refractivity contribution in [2.24, 2.45) is 0 Å². The van der Waals surface area contributed by atoms with Gasteiger partial charge in [-0.05, 0) is 24.4 Å². The van der Waals surface area contributed by atoms with Crippen molar-refractivity contribution in [1.82, 2.24) is 4.98 Å². The van der Waals surface area contributed by atoms with Crippen molar-refractivity contribution in [2.45, 2.75) is 13.3 Å². The molecule has 0 aliphatic rings. The number of esters is 1. The van der Waals surface area contributed by atoms with Crippen molar-refractivity contribution in [1.29, 1.82) is 0 Å². The minimum Gasteiger partial charge on any atom is -0.462 e. The van der Waals surface area contributed by atoms with Gasteiger partial charge in [0.25, 0.3) is 0 Å². The highest BCUT2D eigenvalue weighted by molar-refractivity contribution is 7.17. The Labute approximate surface area is 110 Å². The molecule has 0 aromatic carbocycles. The number of hydrogen-bond acceptors (Lipinski definition) is 5. The summed E-state index contributed by atoms with van der Waals surface area (Å²) in [5, 5.41) is 1.95. The van der Waals surface area contributed by atoms with Gasteiger partial charge < -0.3 is 9.47 Å². The number of pyridine rings is 1. The average molecular weight is 265 g/mol. The quantitative estimate of drug-likeness (QED) is 0.595. The molecule has 0 saturated carbocycles. The van der Waals surface area contributed by atoms with Gasteiger partial charge in [-0.15, -0.1) is 11.3 Å². The fourth-order valence-electron chi connectivity index (χ4n) is 1.51. The first kappa shape index (κ1) is 13.0. The van der Waals surface area contributed by atoms with Crippen LogP contribution in [0.2, 0.25) is 0 Å². The monoisotopic (exact) mass is 265 g/mol. The summed E-state index contributed by atoms with van der Waals surface area (Å²) in [5.74, 6) is -0.325. The highest BCUT2D eigenvalue weighted by Gasteiger charge is 2.09. The molecule has 0 aliphatic heterocycles. The predicted octanol–water partition coefficient (Wildman–Crippen LogP) is 2.88. The summed E-state index contributed by atoms with van der Waals surface area (Å²) < 4.78 is 11.3. The summed E-state index contributed by atoms with van der Waals surface area (Å²) in [6.45, 7) is 3.62. The highest BCUT2D eigenvalue weighted by atomic mass is 32.1. The van der Waals surface area contributed by atoms with Gasteiger partial charge in [0, 0.05) is 25.8 Å². The average Bonchev–Trinajstić information content (AvgIpc) is 2.85. The third-order valence-corrected chi connectivity index (χ3v) is 3.26. The van der Waals surface area contributed by atoms with Crippen LogP contribution in [0, 0.1) is 0 Å². The second kappa shape index (κ2) is 6.47. The highest BCUT2D eigenvalue weighted by Crippen LogP contribution is 2.19. The van der Waals surface area contributed by atoms with E-state index in [1.807, 2.05) is 24.4 Å². The minimum absolute atomic E-state index is 0.325. The maximum Gasteiger partial charge on any atom is 0.339 e. The van der Waals surface area contributed by atoms with Gasteiger partial charge >= 0.3 is 5.97 Å². The molecule has 0 saturated heterocycles. The van der Waals surface area contributed by atoms with Crippen molar-refractivity contribution in [3.05, 3.63) is 29.3 Å². The summed E-state index contributed by atoms with van der Waals surface area (Å²) in [6, 6.07) is 3.75. The molecule has 96 valence electrons. The number of nitrogens with zero attached hydrogens (tertiary/aromatic N) is 1. The van der Waals surface area contributed by atoms with E-state index in [1.165, 1.54) is 0 Å². The normalized spacial score (nSPS) is 10.7. The fourth-order valence-corrected chi connectivity index (χ4v) is 2.29. The lowest BCUT2D eigenvalue weighted by molar-refractivity contribution is 0.0452. The number of rotatable bonds is 6. The topological polar surface area (TPSA) is 48.4 Å². The van der Waals surface area contributed by atoms with Crippen LogP contribution in [-0.4, -0.2) is 30.8 Å². The molecule has 0 atom stereocenters. The van der Waals surface area contributed by atoms with Crippen LogP contribution in [0.3, 0.4) is 0 Å². The van der Waals surface area contributed by atoms with Gasteiger partial charge in [0.15, 0.2) is 0 Å². The van der Waals surface area contributed by atoms with Gasteiger partial charge in [0.2, 0.25) is 0 Å². The fraction of sp³-hybridized carbons (Fsp3) is 0.385. The van der Waals surface area contributed by atoms with Gasteiger partial charge in [0.05, 0.1) is 22.4 Å². The van der Waals surface area contributed by atoms with E-state index in [1.54, 1.807) is 17.5 Å². The Balaban J connectivity index is 1.88. The molecule has 2 heterocycles. The molecule has 0 amide bonds. The van der Waals surface area contributed by atoms with Crippen LogP contribution < -0.4 is 0 Å². The molecule has 2 aromatic rings. The van der Waals surface area contributed by atoms with Gasteiger partial charge in [-0.25, -0.2) is 4.79 Å². The van der Waals surface area contributed by atoms with Gasteiger partial charge in [-0.3, -0.25) is 4.98 Å². The van der Waals surface area contributed by atoms with Gasteiger partial charge in [0.1, 0.15) is 0 Å². The van der Waals surface area contributed by atoms with E-state index < -0.39 is 0 Å². The van der Waals surface area contributed by atoms with Crippen LogP contribution in [-0.2, 0) is 9.47 Å². The second-order valence-corrected chi connectivity index (χ2v) is 4.66. The molecule has 0 bridgehead atoms. The lowest BCUT2D eigenvalue weighted by Crippen LogP contribution is -2.08. The third-order valence-electron chi connectivity index (χ3n) is 2.41. The lowest BCUT2D eigenvalue weighted by Gasteiger charge is -2.04. The Morgan fingerprint density at radius 1 is 1.44 bits per heavy atom.